The third kappa shape index (κ3) is 1.76. The van der Waals surface area contributed by atoms with Crippen LogP contribution in [0.4, 0.5) is 0 Å². The van der Waals surface area contributed by atoms with Gasteiger partial charge in [0, 0.05) is 25.2 Å². The number of benzene rings is 2. The van der Waals surface area contributed by atoms with Crippen molar-refractivity contribution in [2.45, 2.75) is 0 Å². The predicted octanol–water partition coefficient (Wildman–Crippen LogP) is 3.31. The Hall–Kier alpha value is -2.35. The molecule has 2 aromatic carbocycles. The summed E-state index contributed by atoms with van der Waals surface area (Å²) in [5.41, 5.74) is 4.60. The summed E-state index contributed by atoms with van der Waals surface area (Å²) in [7, 11) is 3.96. The lowest BCUT2D eigenvalue weighted by Crippen LogP contribution is -2.10. The number of nitrogens with zero attached hydrogens (tertiary/aromatic N) is 1. The van der Waals surface area contributed by atoms with Crippen LogP contribution in [-0.4, -0.2) is 24.8 Å². The number of hydrogen-bond acceptors (Lipinski definition) is 2. The van der Waals surface area contributed by atoms with Gasteiger partial charge in [0.05, 0.1) is 11.3 Å². The molecule has 0 unspecified atom stereocenters. The first-order chi connectivity index (χ1) is 9.20. The molecule has 1 aliphatic rings. The van der Waals surface area contributed by atoms with E-state index in [-0.39, 0.29) is 5.78 Å². The van der Waals surface area contributed by atoms with Crippen LogP contribution in [0.25, 0.3) is 11.3 Å². The first-order valence-corrected chi connectivity index (χ1v) is 6.31. The summed E-state index contributed by atoms with van der Waals surface area (Å²) >= 11 is 0. The molecule has 0 aromatic heterocycles. The summed E-state index contributed by atoms with van der Waals surface area (Å²) in [4.78, 5) is 14.6. The number of fused-ring (bicyclic) bond motifs is 1. The molecular weight excluding hydrogens is 234 g/mol. The van der Waals surface area contributed by atoms with E-state index in [1.54, 1.807) is 0 Å². The van der Waals surface area contributed by atoms with Gasteiger partial charge in [-0.05, 0) is 5.56 Å². The summed E-state index contributed by atoms with van der Waals surface area (Å²) in [5.74, 6) is 0.116. The zero-order valence-corrected chi connectivity index (χ0v) is 11.1. The minimum absolute atomic E-state index is 0.116. The smallest absolute Gasteiger partial charge is 0.196 e. The topological polar surface area (TPSA) is 20.3 Å². The highest BCUT2D eigenvalue weighted by Gasteiger charge is 2.31. The summed E-state index contributed by atoms with van der Waals surface area (Å²) in [6.45, 7) is 0. The number of allylic oxidation sites excluding steroid dienone is 1. The van der Waals surface area contributed by atoms with Crippen molar-refractivity contribution in [3.05, 3.63) is 71.3 Å². The Labute approximate surface area is 113 Å². The molecule has 0 radical (unpaired) electrons. The van der Waals surface area contributed by atoms with E-state index in [1.165, 1.54) is 0 Å². The van der Waals surface area contributed by atoms with E-state index < -0.39 is 0 Å². The molecule has 2 nitrogen and oxygen atoms in total. The van der Waals surface area contributed by atoms with Crippen LogP contribution in [0.5, 0.6) is 0 Å². The quantitative estimate of drug-likeness (QED) is 0.813. The second-order valence-corrected chi connectivity index (χ2v) is 4.86. The number of carbonyl (C=O) groups excluding carboxylic acids is 1. The lowest BCUT2D eigenvalue weighted by Gasteiger charge is -2.17. The van der Waals surface area contributed by atoms with Gasteiger partial charge in [0.2, 0.25) is 0 Å². The Balaban J connectivity index is 2.28. The Kier molecular flexibility index (Phi) is 2.71. The molecule has 2 aromatic rings. The third-order valence-electron chi connectivity index (χ3n) is 3.40. The molecule has 94 valence electrons. The molecule has 0 aliphatic heterocycles. The Morgan fingerprint density at radius 1 is 0.789 bits per heavy atom. The molecule has 2 heteroatoms. The zero-order valence-electron chi connectivity index (χ0n) is 11.1. The predicted molar refractivity (Wildman–Crippen MR) is 77.7 cm³/mol. The number of rotatable bonds is 2. The van der Waals surface area contributed by atoms with Crippen molar-refractivity contribution < 1.29 is 4.79 Å². The average Bonchev–Trinajstić information content (AvgIpc) is 2.74. The number of hydrogen-bond donors (Lipinski definition) is 0. The molecule has 0 heterocycles. The molecule has 0 saturated heterocycles. The lowest BCUT2D eigenvalue weighted by molar-refractivity contribution is 0.105. The molecule has 0 bridgehead atoms. The van der Waals surface area contributed by atoms with E-state index in [4.69, 9.17) is 0 Å². The highest BCUT2D eigenvalue weighted by molar-refractivity contribution is 6.39. The van der Waals surface area contributed by atoms with Gasteiger partial charge in [0.15, 0.2) is 5.78 Å². The van der Waals surface area contributed by atoms with Gasteiger partial charge in [0.1, 0.15) is 0 Å². The van der Waals surface area contributed by atoms with Crippen LogP contribution in [-0.2, 0) is 0 Å². The minimum atomic E-state index is 0.116. The monoisotopic (exact) mass is 249 g/mol. The molecule has 0 spiro atoms. The molecule has 19 heavy (non-hydrogen) atoms. The standard InChI is InChI=1S/C17H15NO/c1-18(2)16-13-10-6-7-11-14(13)17(19)15(16)12-8-4-3-5-9-12/h3-11H,1-2H3. The van der Waals surface area contributed by atoms with E-state index >= 15 is 0 Å². The lowest BCUT2D eigenvalue weighted by atomic mass is 10.0. The molecule has 3 rings (SSSR count). The van der Waals surface area contributed by atoms with Crippen molar-refractivity contribution in [1.29, 1.82) is 0 Å². The van der Waals surface area contributed by atoms with Gasteiger partial charge in [-0.3, -0.25) is 4.79 Å². The van der Waals surface area contributed by atoms with E-state index in [0.29, 0.717) is 0 Å². The average molecular weight is 249 g/mol. The van der Waals surface area contributed by atoms with Crippen molar-refractivity contribution in [2.75, 3.05) is 14.1 Å². The largest absolute Gasteiger partial charge is 0.377 e. The molecule has 0 amide bonds. The number of carbonyl (C=O) groups is 1. The maximum atomic E-state index is 12.6. The van der Waals surface area contributed by atoms with Gasteiger partial charge in [0.25, 0.3) is 0 Å². The van der Waals surface area contributed by atoms with Crippen molar-refractivity contribution >= 4 is 17.1 Å². The highest BCUT2D eigenvalue weighted by atomic mass is 16.1. The van der Waals surface area contributed by atoms with Crippen LogP contribution < -0.4 is 0 Å². The molecule has 0 fully saturated rings. The van der Waals surface area contributed by atoms with E-state index in [2.05, 4.69) is 0 Å². The van der Waals surface area contributed by atoms with Gasteiger partial charge < -0.3 is 4.90 Å². The molecule has 1 aliphatic carbocycles. The molecular formula is C17H15NO. The second kappa shape index (κ2) is 4.39. The summed E-state index contributed by atoms with van der Waals surface area (Å²) < 4.78 is 0. The van der Waals surface area contributed by atoms with Gasteiger partial charge in [-0.15, -0.1) is 0 Å². The van der Waals surface area contributed by atoms with E-state index in [0.717, 1.165) is 28.0 Å². The molecule has 0 N–H and O–H groups in total. The number of ketones is 1. The fraction of sp³-hybridized carbons (Fsp3) is 0.118. The maximum Gasteiger partial charge on any atom is 0.196 e. The van der Waals surface area contributed by atoms with Crippen molar-refractivity contribution in [1.82, 2.24) is 4.90 Å². The van der Waals surface area contributed by atoms with Gasteiger partial charge in [-0.2, -0.15) is 0 Å². The van der Waals surface area contributed by atoms with Crippen LogP contribution in [0.3, 0.4) is 0 Å². The van der Waals surface area contributed by atoms with Crippen LogP contribution in [0.15, 0.2) is 54.6 Å². The van der Waals surface area contributed by atoms with Gasteiger partial charge >= 0.3 is 0 Å². The number of Topliss-reactive ketones (excluding diaryl/α,β-unsaturated/α-hetero) is 1. The summed E-state index contributed by atoms with van der Waals surface area (Å²) in [6.07, 6.45) is 0. The van der Waals surface area contributed by atoms with Crippen LogP contribution in [0.1, 0.15) is 21.5 Å². The SMILES string of the molecule is CN(C)C1=C(c2ccccc2)C(=O)c2ccccc21. The Bertz CT molecular complexity index is 669. The summed E-state index contributed by atoms with van der Waals surface area (Å²) in [6, 6.07) is 17.7. The fourth-order valence-corrected chi connectivity index (χ4v) is 2.60. The fourth-order valence-electron chi connectivity index (χ4n) is 2.60. The first-order valence-electron chi connectivity index (χ1n) is 6.31. The van der Waals surface area contributed by atoms with Crippen LogP contribution in [0, 0.1) is 0 Å². The van der Waals surface area contributed by atoms with E-state index in [1.807, 2.05) is 73.6 Å². The highest BCUT2D eigenvalue weighted by Crippen LogP contribution is 2.38. The maximum absolute atomic E-state index is 12.6. The molecule has 0 saturated carbocycles. The van der Waals surface area contributed by atoms with E-state index in [9.17, 15) is 4.79 Å². The third-order valence-corrected chi connectivity index (χ3v) is 3.40. The normalized spacial score (nSPS) is 13.7. The van der Waals surface area contributed by atoms with Crippen molar-refractivity contribution in [3.8, 4) is 0 Å². The Morgan fingerprint density at radius 2 is 1.37 bits per heavy atom. The van der Waals surface area contributed by atoms with Gasteiger partial charge in [-0.25, -0.2) is 0 Å². The van der Waals surface area contributed by atoms with Crippen molar-refractivity contribution in [3.63, 3.8) is 0 Å². The van der Waals surface area contributed by atoms with Crippen molar-refractivity contribution in [2.24, 2.45) is 0 Å². The molecule has 0 atom stereocenters. The van der Waals surface area contributed by atoms with Crippen LogP contribution >= 0.6 is 0 Å². The van der Waals surface area contributed by atoms with Gasteiger partial charge in [-0.1, -0.05) is 54.6 Å². The second-order valence-electron chi connectivity index (χ2n) is 4.86. The zero-order chi connectivity index (χ0) is 13.4. The minimum Gasteiger partial charge on any atom is -0.377 e. The Morgan fingerprint density at radius 3 is 2.00 bits per heavy atom. The van der Waals surface area contributed by atoms with Crippen LogP contribution in [0.2, 0.25) is 0 Å². The first kappa shape index (κ1) is 11.7. The summed E-state index contributed by atoms with van der Waals surface area (Å²) in [5, 5.41) is 0.